The van der Waals surface area contributed by atoms with Crippen molar-refractivity contribution in [2.75, 3.05) is 31.7 Å². The first kappa shape index (κ1) is 14.9. The molecule has 0 saturated carbocycles. The van der Waals surface area contributed by atoms with Crippen LogP contribution in [0.1, 0.15) is 16.8 Å². The van der Waals surface area contributed by atoms with Crippen LogP contribution in [0.4, 0.5) is 0 Å². The van der Waals surface area contributed by atoms with Gasteiger partial charge >= 0.3 is 5.97 Å². The summed E-state index contributed by atoms with van der Waals surface area (Å²) in [4.78, 5) is 10.9. The molecule has 1 aromatic rings. The summed E-state index contributed by atoms with van der Waals surface area (Å²) in [5, 5.41) is 12.2. The number of thioether (sulfide) groups is 1. The fourth-order valence-corrected chi connectivity index (χ4v) is 1.90. The molecule has 100 valence electrons. The second-order valence-corrected chi connectivity index (χ2v) is 4.73. The second-order valence-electron chi connectivity index (χ2n) is 3.75. The van der Waals surface area contributed by atoms with E-state index in [9.17, 15) is 4.79 Å². The smallest absolute Gasteiger partial charge is 0.339 e. The van der Waals surface area contributed by atoms with Crippen molar-refractivity contribution in [1.82, 2.24) is 5.32 Å². The van der Waals surface area contributed by atoms with E-state index in [1.165, 1.54) is 0 Å². The molecule has 0 aliphatic heterocycles. The molecule has 0 fully saturated rings. The van der Waals surface area contributed by atoms with Gasteiger partial charge < -0.3 is 15.2 Å². The molecule has 0 bridgehead atoms. The standard InChI is InChI=1S/C13H19NO3S/c1-18-10-4-7-14-8-9-17-12-6-3-2-5-11(12)13(15)16/h2-3,5-6,14H,4,7-10H2,1H3,(H,15,16). The average molecular weight is 269 g/mol. The van der Waals surface area contributed by atoms with Gasteiger partial charge in [0.15, 0.2) is 0 Å². The summed E-state index contributed by atoms with van der Waals surface area (Å²) in [5.74, 6) is 0.616. The zero-order valence-electron chi connectivity index (χ0n) is 10.5. The topological polar surface area (TPSA) is 58.6 Å². The Morgan fingerprint density at radius 2 is 2.17 bits per heavy atom. The normalized spacial score (nSPS) is 10.3. The van der Waals surface area contributed by atoms with Crippen LogP contribution in [0, 0.1) is 0 Å². The van der Waals surface area contributed by atoms with Crippen LogP contribution >= 0.6 is 11.8 Å². The predicted molar refractivity (Wildman–Crippen MR) is 74.8 cm³/mol. The Labute approximate surface area is 112 Å². The Bertz CT molecular complexity index is 371. The monoisotopic (exact) mass is 269 g/mol. The summed E-state index contributed by atoms with van der Waals surface area (Å²) >= 11 is 1.83. The lowest BCUT2D eigenvalue weighted by Crippen LogP contribution is -2.22. The van der Waals surface area contributed by atoms with Crippen LogP contribution in [0.25, 0.3) is 0 Å². The van der Waals surface area contributed by atoms with Gasteiger partial charge in [-0.15, -0.1) is 0 Å². The molecule has 0 heterocycles. The molecule has 0 aromatic heterocycles. The van der Waals surface area contributed by atoms with Crippen molar-refractivity contribution in [1.29, 1.82) is 0 Å². The molecule has 2 N–H and O–H groups in total. The molecule has 1 aromatic carbocycles. The molecule has 0 aliphatic rings. The third-order valence-electron chi connectivity index (χ3n) is 2.36. The lowest BCUT2D eigenvalue weighted by Gasteiger charge is -2.09. The number of para-hydroxylation sites is 1. The van der Waals surface area contributed by atoms with Crippen molar-refractivity contribution in [2.24, 2.45) is 0 Å². The Kier molecular flexibility index (Phi) is 7.29. The molecule has 1 rings (SSSR count). The highest BCUT2D eigenvalue weighted by molar-refractivity contribution is 7.98. The van der Waals surface area contributed by atoms with E-state index in [1.54, 1.807) is 24.3 Å². The summed E-state index contributed by atoms with van der Waals surface area (Å²) in [6.07, 6.45) is 3.22. The predicted octanol–water partition coefficient (Wildman–Crippen LogP) is 2.11. The highest BCUT2D eigenvalue weighted by Gasteiger charge is 2.09. The Morgan fingerprint density at radius 3 is 2.89 bits per heavy atom. The van der Waals surface area contributed by atoms with Gasteiger partial charge in [0, 0.05) is 6.54 Å². The number of hydrogen-bond acceptors (Lipinski definition) is 4. The van der Waals surface area contributed by atoms with Crippen molar-refractivity contribution >= 4 is 17.7 Å². The van der Waals surface area contributed by atoms with E-state index in [2.05, 4.69) is 11.6 Å². The van der Waals surface area contributed by atoms with Gasteiger partial charge in [-0.25, -0.2) is 4.79 Å². The van der Waals surface area contributed by atoms with Crippen molar-refractivity contribution in [2.45, 2.75) is 6.42 Å². The zero-order valence-corrected chi connectivity index (χ0v) is 11.3. The number of benzene rings is 1. The number of nitrogens with one attached hydrogen (secondary N) is 1. The molecule has 18 heavy (non-hydrogen) atoms. The van der Waals surface area contributed by atoms with Crippen LogP contribution in [-0.2, 0) is 0 Å². The SMILES string of the molecule is CSCCCNCCOc1ccccc1C(=O)O. The first-order valence-electron chi connectivity index (χ1n) is 5.90. The Hall–Kier alpha value is -1.20. The van der Waals surface area contributed by atoms with E-state index in [1.807, 2.05) is 11.8 Å². The Morgan fingerprint density at radius 1 is 1.39 bits per heavy atom. The largest absolute Gasteiger partial charge is 0.491 e. The van der Waals surface area contributed by atoms with Crippen LogP contribution in [-0.4, -0.2) is 42.8 Å². The minimum atomic E-state index is -0.960. The van der Waals surface area contributed by atoms with E-state index >= 15 is 0 Å². The quantitative estimate of drug-likeness (QED) is 0.672. The highest BCUT2D eigenvalue weighted by atomic mass is 32.2. The van der Waals surface area contributed by atoms with Crippen LogP contribution in [0.15, 0.2) is 24.3 Å². The Balaban J connectivity index is 2.25. The maximum absolute atomic E-state index is 10.9. The second kappa shape index (κ2) is 8.83. The highest BCUT2D eigenvalue weighted by Crippen LogP contribution is 2.17. The molecule has 0 spiro atoms. The number of carbonyl (C=O) groups is 1. The number of ether oxygens (including phenoxy) is 1. The van der Waals surface area contributed by atoms with Crippen LogP contribution in [0.5, 0.6) is 5.75 Å². The molecule has 0 amide bonds. The van der Waals surface area contributed by atoms with Crippen LogP contribution in [0.2, 0.25) is 0 Å². The van der Waals surface area contributed by atoms with Crippen LogP contribution < -0.4 is 10.1 Å². The maximum Gasteiger partial charge on any atom is 0.339 e. The van der Waals surface area contributed by atoms with E-state index in [0.29, 0.717) is 12.4 Å². The van der Waals surface area contributed by atoms with E-state index in [4.69, 9.17) is 9.84 Å². The van der Waals surface area contributed by atoms with Crippen molar-refractivity contribution in [3.05, 3.63) is 29.8 Å². The van der Waals surface area contributed by atoms with E-state index in [0.717, 1.165) is 25.3 Å². The fourth-order valence-electron chi connectivity index (χ4n) is 1.47. The van der Waals surface area contributed by atoms with Gasteiger partial charge in [0.25, 0.3) is 0 Å². The number of carboxylic acid groups (broad SMARTS) is 1. The van der Waals surface area contributed by atoms with Crippen molar-refractivity contribution in [3.63, 3.8) is 0 Å². The number of aromatic carboxylic acids is 1. The number of hydrogen-bond donors (Lipinski definition) is 2. The first-order chi connectivity index (χ1) is 8.75. The maximum atomic E-state index is 10.9. The van der Waals surface area contributed by atoms with Crippen LogP contribution in [0.3, 0.4) is 0 Å². The van der Waals surface area contributed by atoms with Crippen molar-refractivity contribution < 1.29 is 14.6 Å². The van der Waals surface area contributed by atoms with Gasteiger partial charge in [-0.3, -0.25) is 0 Å². The molecule has 0 aliphatic carbocycles. The number of carboxylic acids is 1. The molecule has 0 radical (unpaired) electrons. The molecular weight excluding hydrogens is 250 g/mol. The zero-order chi connectivity index (χ0) is 13.2. The molecule has 0 unspecified atom stereocenters. The average Bonchev–Trinajstić information content (AvgIpc) is 2.38. The van der Waals surface area contributed by atoms with Gasteiger partial charge in [-0.1, -0.05) is 12.1 Å². The summed E-state index contributed by atoms with van der Waals surface area (Å²) in [6, 6.07) is 6.69. The lowest BCUT2D eigenvalue weighted by atomic mass is 10.2. The lowest BCUT2D eigenvalue weighted by molar-refractivity contribution is 0.0692. The van der Waals surface area contributed by atoms with Gasteiger partial charge in [0.2, 0.25) is 0 Å². The molecule has 5 heteroatoms. The van der Waals surface area contributed by atoms with Gasteiger partial charge in [-0.05, 0) is 37.1 Å². The summed E-state index contributed by atoms with van der Waals surface area (Å²) in [5.41, 5.74) is 0.208. The molecule has 0 atom stereocenters. The van der Waals surface area contributed by atoms with Gasteiger partial charge in [-0.2, -0.15) is 11.8 Å². The van der Waals surface area contributed by atoms with Gasteiger partial charge in [0.05, 0.1) is 0 Å². The summed E-state index contributed by atoms with van der Waals surface area (Å²) < 4.78 is 5.46. The minimum Gasteiger partial charge on any atom is -0.491 e. The van der Waals surface area contributed by atoms with E-state index in [-0.39, 0.29) is 5.56 Å². The molecule has 0 saturated heterocycles. The fraction of sp³-hybridized carbons (Fsp3) is 0.462. The molecule has 4 nitrogen and oxygen atoms in total. The first-order valence-corrected chi connectivity index (χ1v) is 7.30. The summed E-state index contributed by atoms with van der Waals surface area (Å²) in [7, 11) is 0. The third-order valence-corrected chi connectivity index (χ3v) is 3.05. The minimum absolute atomic E-state index is 0.208. The summed E-state index contributed by atoms with van der Waals surface area (Å²) in [6.45, 7) is 2.16. The molecular formula is C13H19NO3S. The van der Waals surface area contributed by atoms with Gasteiger partial charge in [0.1, 0.15) is 17.9 Å². The third kappa shape index (κ3) is 5.42. The van der Waals surface area contributed by atoms with E-state index < -0.39 is 5.97 Å². The van der Waals surface area contributed by atoms with Crippen molar-refractivity contribution in [3.8, 4) is 5.75 Å². The number of rotatable bonds is 9.